The predicted octanol–water partition coefficient (Wildman–Crippen LogP) is 2.95. The molecule has 0 atom stereocenters. The highest BCUT2D eigenvalue weighted by Gasteiger charge is 2.12. The molecular weight excluding hydrogens is 322 g/mol. The summed E-state index contributed by atoms with van der Waals surface area (Å²) in [7, 11) is 1.36. The fraction of sp³-hybridized carbons (Fsp3) is 0.0714. The lowest BCUT2D eigenvalue weighted by atomic mass is 10.2. The van der Waals surface area contributed by atoms with E-state index in [1.165, 1.54) is 7.11 Å². The molecule has 0 unspecified atom stereocenters. The minimum Gasteiger partial charge on any atom is -0.465 e. The molecule has 0 bridgehead atoms. The topological polar surface area (TPSA) is 56.5 Å². The third-order valence-corrected chi connectivity index (χ3v) is 3.40. The molecule has 0 aliphatic heterocycles. The zero-order valence-corrected chi connectivity index (χ0v) is 12.2. The van der Waals surface area contributed by atoms with Crippen molar-refractivity contribution < 1.29 is 9.53 Å². The lowest BCUT2D eigenvalue weighted by Crippen LogP contribution is -2.03. The Morgan fingerprint density at radius 3 is 2.85 bits per heavy atom. The number of fused-ring (bicyclic) bond motifs is 1. The molecule has 20 heavy (non-hydrogen) atoms. The average Bonchev–Trinajstić information content (AvgIpc) is 2.89. The van der Waals surface area contributed by atoms with Crippen LogP contribution in [0.5, 0.6) is 0 Å². The number of hydrogen-bond donors (Lipinski definition) is 0. The number of pyridine rings is 1. The summed E-state index contributed by atoms with van der Waals surface area (Å²) in [5, 5.41) is 8.27. The van der Waals surface area contributed by atoms with E-state index in [1.807, 2.05) is 24.3 Å². The first-order valence-corrected chi connectivity index (χ1v) is 6.67. The Hall–Kier alpha value is -2.21. The number of methoxy groups -OCH3 is 1. The van der Waals surface area contributed by atoms with E-state index >= 15 is 0 Å². The predicted molar refractivity (Wildman–Crippen MR) is 77.5 cm³/mol. The van der Waals surface area contributed by atoms with Crippen molar-refractivity contribution >= 4 is 27.5 Å². The summed E-state index contributed by atoms with van der Waals surface area (Å²) >= 11 is 3.43. The Morgan fingerprint density at radius 1 is 1.25 bits per heavy atom. The second kappa shape index (κ2) is 5.05. The minimum atomic E-state index is -0.388. The molecule has 0 saturated heterocycles. The zero-order valence-electron chi connectivity index (χ0n) is 10.6. The summed E-state index contributed by atoms with van der Waals surface area (Å²) < 4.78 is 7.45. The smallest absolute Gasteiger partial charge is 0.339 e. The van der Waals surface area contributed by atoms with Crippen molar-refractivity contribution in [3.8, 4) is 11.4 Å². The van der Waals surface area contributed by atoms with E-state index < -0.39 is 0 Å². The molecule has 0 N–H and O–H groups in total. The number of benzene rings is 1. The molecule has 5 nitrogen and oxygen atoms in total. The Kier molecular flexibility index (Phi) is 3.23. The highest BCUT2D eigenvalue weighted by atomic mass is 79.9. The fourth-order valence-electron chi connectivity index (χ4n) is 1.95. The van der Waals surface area contributed by atoms with Crippen molar-refractivity contribution in [2.24, 2.45) is 0 Å². The quantitative estimate of drug-likeness (QED) is 0.677. The summed E-state index contributed by atoms with van der Waals surface area (Å²) in [6, 6.07) is 11.1. The van der Waals surface area contributed by atoms with Gasteiger partial charge in [0.15, 0.2) is 11.5 Å². The lowest BCUT2D eigenvalue weighted by molar-refractivity contribution is 0.0600. The summed E-state index contributed by atoms with van der Waals surface area (Å²) in [6.45, 7) is 0. The van der Waals surface area contributed by atoms with E-state index in [-0.39, 0.29) is 5.97 Å². The molecule has 100 valence electrons. The van der Waals surface area contributed by atoms with Crippen molar-refractivity contribution in [1.29, 1.82) is 0 Å². The van der Waals surface area contributed by atoms with E-state index in [1.54, 1.807) is 22.7 Å². The van der Waals surface area contributed by atoms with Crippen LogP contribution in [0.3, 0.4) is 0 Å². The van der Waals surface area contributed by atoms with E-state index in [2.05, 4.69) is 26.1 Å². The van der Waals surface area contributed by atoms with E-state index in [0.29, 0.717) is 17.0 Å². The van der Waals surface area contributed by atoms with Crippen LogP contribution in [0.25, 0.3) is 17.0 Å². The van der Waals surface area contributed by atoms with Crippen LogP contribution in [-0.2, 0) is 4.74 Å². The monoisotopic (exact) mass is 331 g/mol. The largest absolute Gasteiger partial charge is 0.465 e. The van der Waals surface area contributed by atoms with Crippen molar-refractivity contribution in [1.82, 2.24) is 14.6 Å². The molecule has 3 rings (SSSR count). The molecule has 0 aliphatic carbocycles. The van der Waals surface area contributed by atoms with Crippen LogP contribution in [0.1, 0.15) is 10.4 Å². The average molecular weight is 332 g/mol. The number of nitrogens with zero attached hydrogens (tertiary/aromatic N) is 3. The second-order valence-electron chi connectivity index (χ2n) is 4.17. The molecule has 0 aliphatic rings. The lowest BCUT2D eigenvalue weighted by Gasteiger charge is -2.03. The van der Waals surface area contributed by atoms with Crippen molar-refractivity contribution in [2.75, 3.05) is 7.11 Å². The van der Waals surface area contributed by atoms with Crippen LogP contribution < -0.4 is 0 Å². The molecular formula is C14H10BrN3O2. The van der Waals surface area contributed by atoms with Crippen LogP contribution in [0, 0.1) is 0 Å². The van der Waals surface area contributed by atoms with Gasteiger partial charge in [-0.15, -0.1) is 10.2 Å². The normalized spacial score (nSPS) is 10.7. The Bertz CT molecular complexity index is 798. The molecule has 0 amide bonds. The molecule has 2 aromatic heterocycles. The summed E-state index contributed by atoms with van der Waals surface area (Å²) in [6.07, 6.45) is 1.68. The summed E-state index contributed by atoms with van der Waals surface area (Å²) in [4.78, 5) is 11.6. The minimum absolute atomic E-state index is 0.388. The van der Waals surface area contributed by atoms with Gasteiger partial charge in [0.25, 0.3) is 0 Å². The molecule has 1 aromatic carbocycles. The maximum Gasteiger partial charge on any atom is 0.339 e. The number of aromatic nitrogens is 3. The first-order chi connectivity index (χ1) is 9.69. The molecule has 3 aromatic rings. The SMILES string of the molecule is COC(=O)c1ccc2nnc(-c3cccc(Br)c3)n2c1. The summed E-state index contributed by atoms with van der Waals surface area (Å²) in [5.41, 5.74) is 2.04. The first-order valence-electron chi connectivity index (χ1n) is 5.88. The Balaban J connectivity index is 2.19. The number of ether oxygens (including phenoxy) is 1. The molecule has 0 spiro atoms. The van der Waals surface area contributed by atoms with Gasteiger partial charge in [-0.2, -0.15) is 0 Å². The van der Waals surface area contributed by atoms with Crippen LogP contribution in [0.15, 0.2) is 47.1 Å². The molecule has 2 heterocycles. The van der Waals surface area contributed by atoms with Gasteiger partial charge in [-0.05, 0) is 24.3 Å². The number of esters is 1. The van der Waals surface area contributed by atoms with Gasteiger partial charge in [-0.3, -0.25) is 4.40 Å². The van der Waals surface area contributed by atoms with Gasteiger partial charge < -0.3 is 4.74 Å². The van der Waals surface area contributed by atoms with E-state index in [0.717, 1.165) is 10.0 Å². The van der Waals surface area contributed by atoms with Gasteiger partial charge in [0.1, 0.15) is 0 Å². The number of carbonyl (C=O) groups is 1. The summed E-state index contributed by atoms with van der Waals surface area (Å²) in [5.74, 6) is 0.285. The van der Waals surface area contributed by atoms with Crippen molar-refractivity contribution in [3.63, 3.8) is 0 Å². The molecule has 0 fully saturated rings. The van der Waals surface area contributed by atoms with Crippen molar-refractivity contribution in [2.45, 2.75) is 0 Å². The second-order valence-corrected chi connectivity index (χ2v) is 5.09. The standard InChI is InChI=1S/C14H10BrN3O2/c1-20-14(19)10-5-6-12-16-17-13(18(12)8-10)9-3-2-4-11(15)7-9/h2-8H,1H3. The Morgan fingerprint density at radius 2 is 2.10 bits per heavy atom. The van der Waals surface area contributed by atoms with Gasteiger partial charge in [-0.25, -0.2) is 4.79 Å². The highest BCUT2D eigenvalue weighted by Crippen LogP contribution is 2.22. The van der Waals surface area contributed by atoms with E-state index in [4.69, 9.17) is 4.74 Å². The van der Waals surface area contributed by atoms with Gasteiger partial charge >= 0.3 is 5.97 Å². The highest BCUT2D eigenvalue weighted by molar-refractivity contribution is 9.10. The number of halogens is 1. The molecule has 6 heteroatoms. The Labute approximate surface area is 123 Å². The number of rotatable bonds is 2. The third kappa shape index (κ3) is 2.18. The number of carbonyl (C=O) groups excluding carboxylic acids is 1. The van der Waals surface area contributed by atoms with Crippen LogP contribution in [-0.4, -0.2) is 27.7 Å². The molecule has 0 radical (unpaired) electrons. The van der Waals surface area contributed by atoms with Gasteiger partial charge in [0.2, 0.25) is 0 Å². The van der Waals surface area contributed by atoms with Crippen LogP contribution >= 0.6 is 15.9 Å². The van der Waals surface area contributed by atoms with Crippen LogP contribution in [0.4, 0.5) is 0 Å². The van der Waals surface area contributed by atoms with E-state index in [9.17, 15) is 4.79 Å². The maximum atomic E-state index is 11.6. The van der Waals surface area contributed by atoms with Crippen molar-refractivity contribution in [3.05, 3.63) is 52.6 Å². The van der Waals surface area contributed by atoms with Gasteiger partial charge in [0.05, 0.1) is 12.7 Å². The van der Waals surface area contributed by atoms with Crippen LogP contribution in [0.2, 0.25) is 0 Å². The fourth-order valence-corrected chi connectivity index (χ4v) is 2.35. The van der Waals surface area contributed by atoms with Gasteiger partial charge in [-0.1, -0.05) is 28.1 Å². The zero-order chi connectivity index (χ0) is 14.1. The first kappa shape index (κ1) is 12.8. The van der Waals surface area contributed by atoms with Gasteiger partial charge in [0, 0.05) is 16.2 Å². The maximum absolute atomic E-state index is 11.6. The number of hydrogen-bond acceptors (Lipinski definition) is 4. The molecule has 0 saturated carbocycles. The third-order valence-electron chi connectivity index (χ3n) is 2.91.